The fraction of sp³-hybridized carbons (Fsp3) is 0.304. The van der Waals surface area contributed by atoms with Gasteiger partial charge < -0.3 is 10.1 Å². The van der Waals surface area contributed by atoms with Gasteiger partial charge in [0, 0.05) is 32.4 Å². The molecule has 3 rings (SSSR count). The maximum absolute atomic E-state index is 10.0. The number of hydrogen-bond acceptors (Lipinski definition) is 3. The van der Waals surface area contributed by atoms with E-state index in [0.29, 0.717) is 0 Å². The van der Waals surface area contributed by atoms with Gasteiger partial charge in [0.2, 0.25) is 0 Å². The van der Waals surface area contributed by atoms with Gasteiger partial charge in [-0.05, 0) is 48.2 Å². The monoisotopic (exact) mass is 541 g/mol. The normalized spacial score (nSPS) is 11.5. The van der Waals surface area contributed by atoms with E-state index in [1.807, 2.05) is 18.3 Å². The van der Waals surface area contributed by atoms with Crippen LogP contribution in [-0.2, 0) is 31.3 Å². The summed E-state index contributed by atoms with van der Waals surface area (Å²) in [5.41, 5.74) is 2.72. The Bertz CT molecular complexity index is 951. The Labute approximate surface area is 174 Å². The Morgan fingerprint density at radius 3 is 2.44 bits per heavy atom. The zero-order chi connectivity index (χ0) is 19.3. The van der Waals surface area contributed by atoms with Crippen LogP contribution in [0.5, 0.6) is 0 Å². The zero-order valence-electron chi connectivity index (χ0n) is 16.5. The molecule has 27 heavy (non-hydrogen) atoms. The number of nitrogens with zero attached hydrogens (tertiary/aromatic N) is 1. The second kappa shape index (κ2) is 9.77. The van der Waals surface area contributed by atoms with E-state index in [9.17, 15) is 4.79 Å². The second-order valence-electron chi connectivity index (χ2n) is 7.70. The fourth-order valence-corrected chi connectivity index (χ4v) is 2.89. The van der Waals surface area contributed by atoms with E-state index >= 15 is 0 Å². The van der Waals surface area contributed by atoms with E-state index in [1.54, 1.807) is 0 Å². The molecule has 0 unspecified atom stereocenters. The van der Waals surface area contributed by atoms with Crippen LogP contribution in [0.3, 0.4) is 0 Å². The summed E-state index contributed by atoms with van der Waals surface area (Å²) in [5.74, 6) is -0.0625. The van der Waals surface area contributed by atoms with Gasteiger partial charge in [-0.15, -0.1) is 35.0 Å². The van der Waals surface area contributed by atoms with Crippen LogP contribution < -0.4 is 0 Å². The minimum atomic E-state index is -0.125. The summed E-state index contributed by atoms with van der Waals surface area (Å²) in [6.45, 7) is 9.66. The Hall–Kier alpha value is -2.03. The zero-order valence-corrected chi connectivity index (χ0v) is 18.9. The number of carbonyl (C=O) groups excluding carboxylic acids is 1. The first kappa shape index (κ1) is 23.0. The molecule has 0 spiro atoms. The molecule has 3 aromatic rings. The molecule has 1 radical (unpaired) electrons. The molecule has 1 N–H and O–H groups in total. The summed E-state index contributed by atoms with van der Waals surface area (Å²) in [6.07, 6.45) is 4.15. The molecule has 0 aliphatic carbocycles. The summed E-state index contributed by atoms with van der Waals surface area (Å²) in [6, 6.07) is 15.9. The Kier molecular flexibility index (Phi) is 8.33. The summed E-state index contributed by atoms with van der Waals surface area (Å²) < 4.78 is 0. The molecule has 0 bridgehead atoms. The smallest absolute Gasteiger partial charge is 0.155 e. The maximum Gasteiger partial charge on any atom is 0.155 e. The van der Waals surface area contributed by atoms with Crippen LogP contribution in [0.15, 0.2) is 54.4 Å². The summed E-state index contributed by atoms with van der Waals surface area (Å²) >= 11 is 0. The van der Waals surface area contributed by atoms with Crippen LogP contribution in [0.4, 0.5) is 0 Å². The number of fused-ring (bicyclic) bond motifs is 3. The summed E-state index contributed by atoms with van der Waals surface area (Å²) in [5, 5.41) is 11.9. The topological polar surface area (TPSA) is 50.2 Å². The molecule has 145 valence electrons. The van der Waals surface area contributed by atoms with Crippen molar-refractivity contribution in [3.63, 3.8) is 0 Å². The third kappa shape index (κ3) is 6.89. The third-order valence-corrected chi connectivity index (χ3v) is 3.77. The molecule has 1 aromatic heterocycles. The number of hydrogen-bond donors (Lipinski definition) is 1. The van der Waals surface area contributed by atoms with Crippen LogP contribution in [-0.4, -0.2) is 15.9 Å². The first-order valence-corrected chi connectivity index (χ1v) is 8.72. The van der Waals surface area contributed by atoms with Crippen molar-refractivity contribution in [1.82, 2.24) is 4.98 Å². The van der Waals surface area contributed by atoms with E-state index < -0.39 is 0 Å². The molecule has 2 aromatic carbocycles. The number of aliphatic hydroxyl groups is 1. The standard InChI is InChI=1S/C18H18N.C5H8O2.Ir/c1-18(2,3)12-14-10-11-19-17-15-7-5-4-6-13(15)8-9-16(14)17;1-4(6)3-5(2)7;/h4-6,8-11H,12H2,1-3H3;3,6H,1-2H3;/q-1;;/b;4-3-;. The quantitative estimate of drug-likeness (QED) is 0.193. The summed E-state index contributed by atoms with van der Waals surface area (Å²) in [7, 11) is 0. The average molecular weight is 541 g/mol. The van der Waals surface area contributed by atoms with Gasteiger partial charge in [-0.2, -0.15) is 0 Å². The van der Waals surface area contributed by atoms with Gasteiger partial charge in [0.15, 0.2) is 5.78 Å². The van der Waals surface area contributed by atoms with Crippen molar-refractivity contribution in [3.05, 3.63) is 66.1 Å². The predicted molar refractivity (Wildman–Crippen MR) is 108 cm³/mol. The minimum Gasteiger partial charge on any atom is -0.512 e. The second-order valence-corrected chi connectivity index (χ2v) is 7.70. The SMILES string of the molecule is CC(=O)/C=C(/C)O.CC(C)(C)Cc1ccnc2c1ccc1ccc[c-]c12.[Ir]. The van der Waals surface area contributed by atoms with Crippen molar-refractivity contribution in [2.45, 2.75) is 41.0 Å². The molecule has 0 amide bonds. The van der Waals surface area contributed by atoms with Crippen molar-refractivity contribution in [2.75, 3.05) is 0 Å². The largest absolute Gasteiger partial charge is 0.512 e. The van der Waals surface area contributed by atoms with Gasteiger partial charge in [0.25, 0.3) is 0 Å². The fourth-order valence-electron chi connectivity index (χ4n) is 2.89. The molecule has 0 aliphatic heterocycles. The molecular weight excluding hydrogens is 514 g/mol. The van der Waals surface area contributed by atoms with Crippen LogP contribution in [0, 0.1) is 11.5 Å². The molecule has 0 fully saturated rings. The Morgan fingerprint density at radius 2 is 1.89 bits per heavy atom. The molecule has 4 heteroatoms. The Morgan fingerprint density at radius 1 is 1.19 bits per heavy atom. The van der Waals surface area contributed by atoms with Crippen LogP contribution >= 0.6 is 0 Å². The number of aliphatic hydroxyl groups excluding tert-OH is 1. The van der Waals surface area contributed by atoms with Crippen molar-refractivity contribution >= 4 is 27.5 Å². The number of allylic oxidation sites excluding steroid dienone is 2. The van der Waals surface area contributed by atoms with E-state index in [2.05, 4.69) is 56.1 Å². The summed E-state index contributed by atoms with van der Waals surface area (Å²) in [4.78, 5) is 14.6. The van der Waals surface area contributed by atoms with Crippen LogP contribution in [0.25, 0.3) is 21.7 Å². The van der Waals surface area contributed by atoms with Gasteiger partial charge in [-0.25, -0.2) is 0 Å². The van der Waals surface area contributed by atoms with Crippen molar-refractivity contribution in [1.29, 1.82) is 0 Å². The number of benzene rings is 2. The van der Waals surface area contributed by atoms with Crippen LogP contribution in [0.2, 0.25) is 0 Å². The van der Waals surface area contributed by atoms with Crippen LogP contribution in [0.1, 0.15) is 40.2 Å². The van der Waals surface area contributed by atoms with E-state index in [-0.39, 0.29) is 37.1 Å². The Balaban J connectivity index is 0.000000395. The van der Waals surface area contributed by atoms with E-state index in [4.69, 9.17) is 5.11 Å². The van der Waals surface area contributed by atoms with Crippen molar-refractivity contribution in [2.24, 2.45) is 5.41 Å². The molecule has 0 saturated heterocycles. The first-order valence-electron chi connectivity index (χ1n) is 8.72. The average Bonchev–Trinajstić information content (AvgIpc) is 2.53. The van der Waals surface area contributed by atoms with Crippen molar-refractivity contribution in [3.8, 4) is 0 Å². The van der Waals surface area contributed by atoms with E-state index in [1.165, 1.54) is 36.3 Å². The van der Waals surface area contributed by atoms with Crippen molar-refractivity contribution < 1.29 is 30.0 Å². The van der Waals surface area contributed by atoms with Gasteiger partial charge in [0.1, 0.15) is 0 Å². The number of carbonyl (C=O) groups is 1. The van der Waals surface area contributed by atoms with E-state index in [0.717, 1.165) is 17.3 Å². The number of ketones is 1. The molecule has 1 heterocycles. The maximum atomic E-state index is 10.0. The minimum absolute atomic E-state index is 0. The number of aromatic nitrogens is 1. The molecular formula is C23H26IrNO2-. The van der Waals surface area contributed by atoms with Gasteiger partial charge in [0.05, 0.1) is 5.76 Å². The number of rotatable bonds is 2. The van der Waals surface area contributed by atoms with Gasteiger partial charge >= 0.3 is 0 Å². The van der Waals surface area contributed by atoms with Gasteiger partial charge in [-0.1, -0.05) is 32.9 Å². The molecule has 0 saturated carbocycles. The molecule has 3 nitrogen and oxygen atoms in total. The molecule has 0 atom stereocenters. The molecule has 0 aliphatic rings. The third-order valence-electron chi connectivity index (χ3n) is 3.77. The predicted octanol–water partition coefficient (Wildman–Crippen LogP) is 5.81. The first-order chi connectivity index (χ1) is 12.2. The number of pyridine rings is 1. The van der Waals surface area contributed by atoms with Gasteiger partial charge in [-0.3, -0.25) is 4.79 Å².